The van der Waals surface area contributed by atoms with Crippen molar-refractivity contribution in [3.8, 4) is 0 Å². The molecule has 0 fully saturated rings. The SMILES string of the molecule is CCNc1ccncc1C(=O)NCc1ccncc1. The van der Waals surface area contributed by atoms with Gasteiger partial charge in [-0.2, -0.15) is 0 Å². The summed E-state index contributed by atoms with van der Waals surface area (Å²) < 4.78 is 0. The fourth-order valence-electron chi connectivity index (χ4n) is 1.70. The van der Waals surface area contributed by atoms with Gasteiger partial charge in [-0.05, 0) is 30.7 Å². The van der Waals surface area contributed by atoms with Crippen LogP contribution in [-0.4, -0.2) is 22.4 Å². The van der Waals surface area contributed by atoms with Crippen LogP contribution in [0.5, 0.6) is 0 Å². The molecule has 0 aromatic carbocycles. The summed E-state index contributed by atoms with van der Waals surface area (Å²) in [6.07, 6.45) is 6.64. The Morgan fingerprint density at radius 3 is 2.63 bits per heavy atom. The first-order valence-electron chi connectivity index (χ1n) is 6.16. The van der Waals surface area contributed by atoms with Crippen LogP contribution >= 0.6 is 0 Å². The number of carbonyl (C=O) groups excluding carboxylic acids is 1. The van der Waals surface area contributed by atoms with Crippen LogP contribution in [0.3, 0.4) is 0 Å². The minimum atomic E-state index is -0.138. The number of carbonyl (C=O) groups is 1. The summed E-state index contributed by atoms with van der Waals surface area (Å²) in [5.74, 6) is -0.138. The van der Waals surface area contributed by atoms with E-state index in [0.717, 1.165) is 17.8 Å². The van der Waals surface area contributed by atoms with Gasteiger partial charge < -0.3 is 10.6 Å². The molecule has 0 aliphatic carbocycles. The van der Waals surface area contributed by atoms with Crippen molar-refractivity contribution in [3.05, 3.63) is 54.1 Å². The molecule has 5 heteroatoms. The van der Waals surface area contributed by atoms with Gasteiger partial charge in [-0.1, -0.05) is 0 Å². The number of hydrogen-bond acceptors (Lipinski definition) is 4. The van der Waals surface area contributed by atoms with Gasteiger partial charge in [-0.3, -0.25) is 14.8 Å². The summed E-state index contributed by atoms with van der Waals surface area (Å²) in [4.78, 5) is 20.0. The van der Waals surface area contributed by atoms with Gasteiger partial charge in [-0.25, -0.2) is 0 Å². The van der Waals surface area contributed by atoms with E-state index >= 15 is 0 Å². The van der Waals surface area contributed by atoms with Crippen molar-refractivity contribution in [3.63, 3.8) is 0 Å². The maximum atomic E-state index is 12.1. The van der Waals surface area contributed by atoms with Crippen LogP contribution in [0.2, 0.25) is 0 Å². The summed E-state index contributed by atoms with van der Waals surface area (Å²) >= 11 is 0. The van der Waals surface area contributed by atoms with Crippen molar-refractivity contribution in [1.82, 2.24) is 15.3 Å². The van der Waals surface area contributed by atoms with Crippen LogP contribution in [0.25, 0.3) is 0 Å². The predicted molar refractivity (Wildman–Crippen MR) is 73.8 cm³/mol. The molecule has 2 aromatic rings. The third-order valence-electron chi connectivity index (χ3n) is 2.64. The van der Waals surface area contributed by atoms with Gasteiger partial charge in [0.05, 0.1) is 11.3 Å². The van der Waals surface area contributed by atoms with E-state index in [1.54, 1.807) is 30.9 Å². The van der Waals surface area contributed by atoms with Gasteiger partial charge in [0.25, 0.3) is 5.91 Å². The Kier molecular flexibility index (Phi) is 4.44. The fraction of sp³-hybridized carbons (Fsp3) is 0.214. The highest BCUT2D eigenvalue weighted by atomic mass is 16.1. The van der Waals surface area contributed by atoms with E-state index in [0.29, 0.717) is 12.1 Å². The highest BCUT2D eigenvalue weighted by Gasteiger charge is 2.10. The van der Waals surface area contributed by atoms with Crippen LogP contribution in [0, 0.1) is 0 Å². The first kappa shape index (κ1) is 13.0. The van der Waals surface area contributed by atoms with Crippen molar-refractivity contribution in [2.45, 2.75) is 13.5 Å². The molecular weight excluding hydrogens is 240 g/mol. The van der Waals surface area contributed by atoms with E-state index in [1.165, 1.54) is 0 Å². The van der Waals surface area contributed by atoms with Crippen molar-refractivity contribution >= 4 is 11.6 Å². The molecule has 0 unspecified atom stereocenters. The minimum Gasteiger partial charge on any atom is -0.385 e. The number of rotatable bonds is 5. The lowest BCUT2D eigenvalue weighted by Gasteiger charge is -2.10. The molecule has 2 rings (SSSR count). The van der Waals surface area contributed by atoms with E-state index in [4.69, 9.17) is 0 Å². The van der Waals surface area contributed by atoms with Gasteiger partial charge in [0.1, 0.15) is 0 Å². The van der Waals surface area contributed by atoms with E-state index in [-0.39, 0.29) is 5.91 Å². The topological polar surface area (TPSA) is 66.9 Å². The summed E-state index contributed by atoms with van der Waals surface area (Å²) in [5, 5.41) is 6.01. The number of anilines is 1. The number of hydrogen-bond donors (Lipinski definition) is 2. The van der Waals surface area contributed by atoms with Gasteiger partial charge in [0.15, 0.2) is 0 Å². The van der Waals surface area contributed by atoms with E-state index in [2.05, 4.69) is 20.6 Å². The normalized spacial score (nSPS) is 9.95. The standard InChI is InChI=1S/C14H16N4O/c1-2-17-13-5-8-16-10-12(13)14(19)18-9-11-3-6-15-7-4-11/h3-8,10H,2,9H2,1H3,(H,16,17)(H,18,19). The molecule has 19 heavy (non-hydrogen) atoms. The second-order valence-electron chi connectivity index (χ2n) is 3.99. The minimum absolute atomic E-state index is 0.138. The third-order valence-corrected chi connectivity index (χ3v) is 2.64. The van der Waals surface area contributed by atoms with Crippen molar-refractivity contribution in [2.24, 2.45) is 0 Å². The van der Waals surface area contributed by atoms with Crippen molar-refractivity contribution in [2.75, 3.05) is 11.9 Å². The number of nitrogens with zero attached hydrogens (tertiary/aromatic N) is 2. The maximum Gasteiger partial charge on any atom is 0.255 e. The Morgan fingerprint density at radius 1 is 1.16 bits per heavy atom. The number of amides is 1. The Morgan fingerprint density at radius 2 is 1.89 bits per heavy atom. The van der Waals surface area contributed by atoms with Gasteiger partial charge in [-0.15, -0.1) is 0 Å². The molecule has 0 bridgehead atoms. The number of nitrogens with one attached hydrogen (secondary N) is 2. The lowest BCUT2D eigenvalue weighted by Crippen LogP contribution is -2.24. The smallest absolute Gasteiger partial charge is 0.255 e. The molecule has 2 aromatic heterocycles. The zero-order chi connectivity index (χ0) is 13.5. The molecule has 0 saturated heterocycles. The summed E-state index contributed by atoms with van der Waals surface area (Å²) in [6.45, 7) is 3.22. The predicted octanol–water partition coefficient (Wildman–Crippen LogP) is 1.84. The van der Waals surface area contributed by atoms with E-state index in [9.17, 15) is 4.79 Å². The Bertz CT molecular complexity index is 542. The second-order valence-corrected chi connectivity index (χ2v) is 3.99. The molecule has 5 nitrogen and oxygen atoms in total. The quantitative estimate of drug-likeness (QED) is 0.856. The molecule has 0 aliphatic heterocycles. The molecule has 0 atom stereocenters. The summed E-state index contributed by atoms with van der Waals surface area (Å²) in [7, 11) is 0. The van der Waals surface area contributed by atoms with Crippen LogP contribution < -0.4 is 10.6 Å². The molecule has 0 saturated carbocycles. The molecule has 1 amide bonds. The first-order chi connectivity index (χ1) is 9.31. The summed E-state index contributed by atoms with van der Waals surface area (Å²) in [6, 6.07) is 5.54. The average Bonchev–Trinajstić information content (AvgIpc) is 2.47. The Labute approximate surface area is 112 Å². The van der Waals surface area contributed by atoms with Crippen LogP contribution in [0.1, 0.15) is 22.8 Å². The lowest BCUT2D eigenvalue weighted by molar-refractivity contribution is 0.0951. The van der Waals surface area contributed by atoms with Crippen molar-refractivity contribution < 1.29 is 4.79 Å². The lowest BCUT2D eigenvalue weighted by atomic mass is 10.2. The third kappa shape index (κ3) is 3.51. The van der Waals surface area contributed by atoms with Crippen LogP contribution in [-0.2, 0) is 6.54 Å². The van der Waals surface area contributed by atoms with Gasteiger partial charge >= 0.3 is 0 Å². The highest BCUT2D eigenvalue weighted by molar-refractivity contribution is 5.99. The number of pyridine rings is 2. The second kappa shape index (κ2) is 6.49. The summed E-state index contributed by atoms with van der Waals surface area (Å²) in [5.41, 5.74) is 2.36. The Balaban J connectivity index is 2.04. The molecule has 2 N–H and O–H groups in total. The molecule has 2 heterocycles. The van der Waals surface area contributed by atoms with E-state index < -0.39 is 0 Å². The molecular formula is C14H16N4O. The zero-order valence-electron chi connectivity index (χ0n) is 10.8. The molecule has 0 spiro atoms. The van der Waals surface area contributed by atoms with Crippen LogP contribution in [0.4, 0.5) is 5.69 Å². The monoisotopic (exact) mass is 256 g/mol. The van der Waals surface area contributed by atoms with Gasteiger partial charge in [0, 0.05) is 37.9 Å². The van der Waals surface area contributed by atoms with Crippen molar-refractivity contribution in [1.29, 1.82) is 0 Å². The molecule has 0 radical (unpaired) electrons. The molecule has 0 aliphatic rings. The fourth-order valence-corrected chi connectivity index (χ4v) is 1.70. The zero-order valence-corrected chi connectivity index (χ0v) is 10.8. The van der Waals surface area contributed by atoms with Crippen LogP contribution in [0.15, 0.2) is 43.0 Å². The first-order valence-corrected chi connectivity index (χ1v) is 6.16. The highest BCUT2D eigenvalue weighted by Crippen LogP contribution is 2.13. The maximum absolute atomic E-state index is 12.1. The van der Waals surface area contributed by atoms with Gasteiger partial charge in [0.2, 0.25) is 0 Å². The largest absolute Gasteiger partial charge is 0.385 e. The molecule has 98 valence electrons. The number of aromatic nitrogens is 2. The Hall–Kier alpha value is -2.43. The van der Waals surface area contributed by atoms with E-state index in [1.807, 2.05) is 19.1 Å². The average molecular weight is 256 g/mol.